The van der Waals surface area contributed by atoms with E-state index in [0.29, 0.717) is 22.6 Å². The molecule has 0 unspecified atom stereocenters. The normalized spacial score (nSPS) is 10.4. The smallest absolute Gasteiger partial charge is 0.341 e. The van der Waals surface area contributed by atoms with E-state index in [0.717, 1.165) is 0 Å². The number of para-hydroxylation sites is 1. The molecule has 1 amide bonds. The molecule has 0 aliphatic carbocycles. The zero-order valence-corrected chi connectivity index (χ0v) is 15.8. The molecule has 0 aliphatic heterocycles. The van der Waals surface area contributed by atoms with Gasteiger partial charge in [0.2, 0.25) is 0 Å². The second kappa shape index (κ2) is 8.34. The van der Waals surface area contributed by atoms with E-state index < -0.39 is 16.8 Å². The number of nitrogens with zero attached hydrogens (tertiary/aromatic N) is 3. The maximum Gasteiger partial charge on any atom is 0.341 e. The van der Waals surface area contributed by atoms with Crippen LogP contribution in [0.2, 0.25) is 0 Å². The number of aromatic nitrogens is 2. The van der Waals surface area contributed by atoms with Crippen LogP contribution in [0.15, 0.2) is 54.7 Å². The third-order valence-electron chi connectivity index (χ3n) is 4.20. The second-order valence-corrected chi connectivity index (χ2v) is 6.05. The summed E-state index contributed by atoms with van der Waals surface area (Å²) >= 11 is 0. The lowest BCUT2D eigenvalue weighted by molar-refractivity contribution is -0.385. The number of hydrogen-bond acceptors (Lipinski definition) is 6. The molecule has 0 saturated heterocycles. The number of anilines is 1. The predicted octanol–water partition coefficient (Wildman–Crippen LogP) is 3.52. The third-order valence-corrected chi connectivity index (χ3v) is 4.20. The zero-order chi connectivity index (χ0) is 21.0. The first-order chi connectivity index (χ1) is 13.9. The quantitative estimate of drug-likeness (QED) is 0.388. The number of nitrogens with one attached hydrogen (secondary N) is 1. The van der Waals surface area contributed by atoms with Crippen LogP contribution in [0.1, 0.15) is 33.3 Å². The van der Waals surface area contributed by atoms with E-state index in [-0.39, 0.29) is 17.9 Å². The Bertz CT molecular complexity index is 1090. The largest absolute Gasteiger partial charge is 0.462 e. The van der Waals surface area contributed by atoms with Crippen LogP contribution < -0.4 is 5.32 Å². The van der Waals surface area contributed by atoms with Crippen LogP contribution in [0.5, 0.6) is 0 Å². The average molecular weight is 394 g/mol. The summed E-state index contributed by atoms with van der Waals surface area (Å²) in [4.78, 5) is 35.0. The number of nitro groups is 1. The molecule has 0 aliphatic rings. The first-order valence-electron chi connectivity index (χ1n) is 8.79. The van der Waals surface area contributed by atoms with E-state index in [4.69, 9.17) is 4.74 Å². The van der Waals surface area contributed by atoms with E-state index in [1.807, 2.05) is 0 Å². The van der Waals surface area contributed by atoms with Crippen molar-refractivity contribution in [1.82, 2.24) is 9.78 Å². The molecule has 148 valence electrons. The summed E-state index contributed by atoms with van der Waals surface area (Å²) in [5, 5.41) is 18.0. The van der Waals surface area contributed by atoms with E-state index in [9.17, 15) is 19.7 Å². The van der Waals surface area contributed by atoms with Gasteiger partial charge in [0.25, 0.3) is 11.6 Å². The van der Waals surface area contributed by atoms with E-state index in [1.165, 1.54) is 24.4 Å². The Hall–Kier alpha value is -4.01. The number of esters is 1. The number of carbonyl (C=O) groups excluding carboxylic acids is 2. The number of amides is 1. The Balaban J connectivity index is 1.87. The number of nitro benzene ring substituents is 1. The summed E-state index contributed by atoms with van der Waals surface area (Å²) in [5.74, 6) is -1.06. The number of benzene rings is 2. The molecule has 0 atom stereocenters. The number of hydrogen-bond donors (Lipinski definition) is 1. The van der Waals surface area contributed by atoms with Gasteiger partial charge in [-0.25, -0.2) is 9.48 Å². The standard InChI is InChI=1S/C20H18N4O5/c1-3-29-20(26)17-12-21-23(13(17)2)15-8-6-7-14(11-15)22-19(25)16-9-4-5-10-18(16)24(27)28/h4-12H,3H2,1-2H3,(H,22,25). The van der Waals surface area contributed by atoms with Crippen LogP contribution in [0.3, 0.4) is 0 Å². The highest BCUT2D eigenvalue weighted by atomic mass is 16.6. The SMILES string of the molecule is CCOC(=O)c1cnn(-c2cccc(NC(=O)c3ccccc3[N+](=O)[O-])c2)c1C. The van der Waals surface area contributed by atoms with E-state index >= 15 is 0 Å². The topological polar surface area (TPSA) is 116 Å². The summed E-state index contributed by atoms with van der Waals surface area (Å²) < 4.78 is 6.56. The van der Waals surface area contributed by atoms with Gasteiger partial charge in [-0.3, -0.25) is 14.9 Å². The fourth-order valence-corrected chi connectivity index (χ4v) is 2.82. The van der Waals surface area contributed by atoms with Crippen molar-refractivity contribution in [3.05, 3.63) is 81.7 Å². The van der Waals surface area contributed by atoms with E-state index in [2.05, 4.69) is 10.4 Å². The lowest BCUT2D eigenvalue weighted by Gasteiger charge is -2.09. The minimum atomic E-state index is -0.602. The highest BCUT2D eigenvalue weighted by molar-refractivity contribution is 6.07. The van der Waals surface area contributed by atoms with Gasteiger partial charge in [0.05, 0.1) is 29.1 Å². The highest BCUT2D eigenvalue weighted by Gasteiger charge is 2.20. The maximum absolute atomic E-state index is 12.5. The molecule has 1 aromatic heterocycles. The fraction of sp³-hybridized carbons (Fsp3) is 0.150. The van der Waals surface area contributed by atoms with Gasteiger partial charge in [0.1, 0.15) is 11.1 Å². The van der Waals surface area contributed by atoms with Crippen molar-refractivity contribution in [3.8, 4) is 5.69 Å². The molecular weight excluding hydrogens is 376 g/mol. The number of ether oxygens (including phenoxy) is 1. The molecule has 0 bridgehead atoms. The highest BCUT2D eigenvalue weighted by Crippen LogP contribution is 2.22. The van der Waals surface area contributed by atoms with Crippen LogP contribution in [0, 0.1) is 17.0 Å². The summed E-state index contributed by atoms with van der Waals surface area (Å²) in [6.07, 6.45) is 1.42. The van der Waals surface area contributed by atoms with Crippen LogP contribution in [-0.4, -0.2) is 33.2 Å². The van der Waals surface area contributed by atoms with Crippen LogP contribution >= 0.6 is 0 Å². The monoisotopic (exact) mass is 394 g/mol. The fourth-order valence-electron chi connectivity index (χ4n) is 2.82. The van der Waals surface area contributed by atoms with Crippen LogP contribution in [0.4, 0.5) is 11.4 Å². The lowest BCUT2D eigenvalue weighted by atomic mass is 10.1. The molecule has 3 rings (SSSR count). The Morgan fingerprint density at radius 1 is 1.17 bits per heavy atom. The summed E-state index contributed by atoms with van der Waals surface area (Å²) in [5.41, 5.74) is 1.66. The van der Waals surface area contributed by atoms with Gasteiger partial charge in [-0.1, -0.05) is 18.2 Å². The Kier molecular flexibility index (Phi) is 5.68. The van der Waals surface area contributed by atoms with Crippen molar-refractivity contribution in [1.29, 1.82) is 0 Å². The van der Waals surface area contributed by atoms with Crippen molar-refractivity contribution >= 4 is 23.3 Å². The summed E-state index contributed by atoms with van der Waals surface area (Å²) in [6.45, 7) is 3.72. The molecule has 3 aromatic rings. The summed E-state index contributed by atoms with van der Waals surface area (Å²) in [7, 11) is 0. The minimum Gasteiger partial charge on any atom is -0.462 e. The van der Waals surface area contributed by atoms with Crippen molar-refractivity contribution in [2.24, 2.45) is 0 Å². The van der Waals surface area contributed by atoms with Gasteiger partial charge in [-0.05, 0) is 38.1 Å². The first kappa shape index (κ1) is 19.7. The van der Waals surface area contributed by atoms with Gasteiger partial charge in [0.15, 0.2) is 0 Å². The van der Waals surface area contributed by atoms with Crippen molar-refractivity contribution in [2.45, 2.75) is 13.8 Å². The van der Waals surface area contributed by atoms with Gasteiger partial charge in [0, 0.05) is 11.8 Å². The Morgan fingerprint density at radius 2 is 1.93 bits per heavy atom. The van der Waals surface area contributed by atoms with Gasteiger partial charge < -0.3 is 10.1 Å². The minimum absolute atomic E-state index is 0.0391. The Labute approximate surface area is 166 Å². The Morgan fingerprint density at radius 3 is 2.66 bits per heavy atom. The van der Waals surface area contributed by atoms with Crippen molar-refractivity contribution < 1.29 is 19.2 Å². The van der Waals surface area contributed by atoms with E-state index in [1.54, 1.807) is 48.9 Å². The van der Waals surface area contributed by atoms with Gasteiger partial charge in [-0.2, -0.15) is 5.10 Å². The molecule has 0 radical (unpaired) electrons. The molecule has 0 saturated carbocycles. The summed E-state index contributed by atoms with van der Waals surface area (Å²) in [6, 6.07) is 12.5. The predicted molar refractivity (Wildman–Crippen MR) is 105 cm³/mol. The number of carbonyl (C=O) groups is 2. The molecule has 9 nitrogen and oxygen atoms in total. The molecular formula is C20H18N4O5. The molecule has 29 heavy (non-hydrogen) atoms. The van der Waals surface area contributed by atoms with Crippen LogP contribution in [-0.2, 0) is 4.74 Å². The third kappa shape index (κ3) is 4.13. The molecule has 2 aromatic carbocycles. The van der Waals surface area contributed by atoms with Crippen LogP contribution in [0.25, 0.3) is 5.69 Å². The zero-order valence-electron chi connectivity index (χ0n) is 15.8. The lowest BCUT2D eigenvalue weighted by Crippen LogP contribution is -2.14. The molecule has 1 N–H and O–H groups in total. The molecule has 0 spiro atoms. The molecule has 1 heterocycles. The van der Waals surface area contributed by atoms with Gasteiger partial charge >= 0.3 is 5.97 Å². The second-order valence-electron chi connectivity index (χ2n) is 6.05. The van der Waals surface area contributed by atoms with Gasteiger partial charge in [-0.15, -0.1) is 0 Å². The molecule has 0 fully saturated rings. The van der Waals surface area contributed by atoms with Crippen molar-refractivity contribution in [3.63, 3.8) is 0 Å². The van der Waals surface area contributed by atoms with Crippen molar-refractivity contribution in [2.75, 3.05) is 11.9 Å². The number of rotatable bonds is 6. The molecule has 9 heteroatoms. The first-order valence-corrected chi connectivity index (χ1v) is 8.79. The average Bonchev–Trinajstić information content (AvgIpc) is 3.09. The maximum atomic E-state index is 12.5.